The van der Waals surface area contributed by atoms with E-state index in [4.69, 9.17) is 0 Å². The third kappa shape index (κ3) is 3.74. The summed E-state index contributed by atoms with van der Waals surface area (Å²) in [4.78, 5) is 12.6. The molecule has 134 valence electrons. The van der Waals surface area contributed by atoms with Crippen molar-refractivity contribution in [2.24, 2.45) is 0 Å². The predicted octanol–water partition coefficient (Wildman–Crippen LogP) is 2.33. The van der Waals surface area contributed by atoms with Crippen molar-refractivity contribution in [3.05, 3.63) is 42.1 Å². The van der Waals surface area contributed by atoms with E-state index >= 15 is 0 Å². The first-order valence-corrected chi connectivity index (χ1v) is 9.90. The molecule has 25 heavy (non-hydrogen) atoms. The smallest absolute Gasteiger partial charge is 0.256 e. The van der Waals surface area contributed by atoms with Gasteiger partial charge in [0.2, 0.25) is 10.0 Å². The number of hydrogen-bond donors (Lipinski definition) is 1. The second-order valence-electron chi connectivity index (χ2n) is 5.98. The molecule has 7 nitrogen and oxygen atoms in total. The maximum atomic E-state index is 12.6. The molecule has 0 aliphatic carbocycles. The number of aromatic nitrogens is 2. The number of nitrogens with zero attached hydrogens (tertiary/aromatic N) is 3. The Morgan fingerprint density at radius 2 is 1.80 bits per heavy atom. The molecule has 1 aliphatic heterocycles. The van der Waals surface area contributed by atoms with Crippen LogP contribution in [0.25, 0.3) is 0 Å². The van der Waals surface area contributed by atoms with Gasteiger partial charge in [0.05, 0.1) is 11.1 Å². The van der Waals surface area contributed by atoms with E-state index in [1.54, 1.807) is 29.1 Å². The second kappa shape index (κ2) is 7.37. The molecule has 1 saturated heterocycles. The van der Waals surface area contributed by atoms with Crippen LogP contribution in [-0.2, 0) is 16.6 Å². The van der Waals surface area contributed by atoms with Crippen LogP contribution in [-0.4, -0.2) is 41.5 Å². The lowest BCUT2D eigenvalue weighted by Gasteiger charge is -2.25. The van der Waals surface area contributed by atoms with Crippen LogP contribution >= 0.6 is 0 Å². The highest BCUT2D eigenvalue weighted by Crippen LogP contribution is 2.21. The molecule has 1 amide bonds. The lowest BCUT2D eigenvalue weighted by Crippen LogP contribution is -2.35. The standard InChI is InChI=1S/C17H22N4O3S/c1-2-21-16(10-11-18-21)19-17(22)14-6-8-15(9-7-14)25(23,24)20-12-4-3-5-13-20/h6-11H,2-5,12-13H2,1H3,(H,19,22). The van der Waals surface area contributed by atoms with Gasteiger partial charge in [-0.1, -0.05) is 6.42 Å². The van der Waals surface area contributed by atoms with Gasteiger partial charge >= 0.3 is 0 Å². The number of anilines is 1. The number of sulfonamides is 1. The number of piperidine rings is 1. The summed E-state index contributed by atoms with van der Waals surface area (Å²) in [6, 6.07) is 7.79. The van der Waals surface area contributed by atoms with Gasteiger partial charge in [0.15, 0.2) is 0 Å². The van der Waals surface area contributed by atoms with Crippen LogP contribution in [0, 0.1) is 0 Å². The highest BCUT2D eigenvalue weighted by Gasteiger charge is 2.25. The molecule has 2 aromatic rings. The average Bonchev–Trinajstić information content (AvgIpc) is 3.09. The van der Waals surface area contributed by atoms with E-state index in [1.807, 2.05) is 6.92 Å². The first-order chi connectivity index (χ1) is 12.0. The minimum absolute atomic E-state index is 0.226. The molecule has 0 unspecified atom stereocenters. The first kappa shape index (κ1) is 17.6. The number of amides is 1. The van der Waals surface area contributed by atoms with Crippen LogP contribution in [0.3, 0.4) is 0 Å². The molecule has 2 heterocycles. The minimum Gasteiger partial charge on any atom is -0.307 e. The number of aryl methyl sites for hydroxylation is 1. The third-order valence-electron chi connectivity index (χ3n) is 4.33. The monoisotopic (exact) mass is 362 g/mol. The fourth-order valence-electron chi connectivity index (χ4n) is 2.91. The fourth-order valence-corrected chi connectivity index (χ4v) is 4.43. The van der Waals surface area contributed by atoms with Gasteiger partial charge in [-0.3, -0.25) is 4.79 Å². The van der Waals surface area contributed by atoms with Gasteiger partial charge in [0.1, 0.15) is 5.82 Å². The lowest BCUT2D eigenvalue weighted by atomic mass is 10.2. The molecule has 3 rings (SSSR count). The maximum Gasteiger partial charge on any atom is 0.256 e. The van der Waals surface area contributed by atoms with Crippen molar-refractivity contribution in [2.75, 3.05) is 18.4 Å². The van der Waals surface area contributed by atoms with Gasteiger partial charge in [-0.25, -0.2) is 13.1 Å². The van der Waals surface area contributed by atoms with Crippen molar-refractivity contribution in [2.45, 2.75) is 37.6 Å². The molecule has 0 saturated carbocycles. The minimum atomic E-state index is -3.48. The first-order valence-electron chi connectivity index (χ1n) is 8.46. The Balaban J connectivity index is 1.74. The largest absolute Gasteiger partial charge is 0.307 e. The van der Waals surface area contributed by atoms with E-state index in [9.17, 15) is 13.2 Å². The Kier molecular flexibility index (Phi) is 5.19. The zero-order valence-electron chi connectivity index (χ0n) is 14.2. The van der Waals surface area contributed by atoms with Crippen molar-refractivity contribution in [1.29, 1.82) is 0 Å². The van der Waals surface area contributed by atoms with Crippen LogP contribution in [0.4, 0.5) is 5.82 Å². The maximum absolute atomic E-state index is 12.6. The van der Waals surface area contributed by atoms with E-state index in [0.29, 0.717) is 31.0 Å². The molecule has 1 aromatic carbocycles. The molecular formula is C17H22N4O3S. The summed E-state index contributed by atoms with van der Waals surface area (Å²) in [6.45, 7) is 3.70. The Hall–Kier alpha value is -2.19. The normalized spacial score (nSPS) is 15.9. The number of carbonyl (C=O) groups is 1. The summed E-state index contributed by atoms with van der Waals surface area (Å²) in [7, 11) is -3.48. The van der Waals surface area contributed by atoms with Gasteiger partial charge < -0.3 is 5.32 Å². The van der Waals surface area contributed by atoms with Crippen LogP contribution in [0.2, 0.25) is 0 Å². The highest BCUT2D eigenvalue weighted by molar-refractivity contribution is 7.89. The van der Waals surface area contributed by atoms with E-state index in [-0.39, 0.29) is 10.8 Å². The second-order valence-corrected chi connectivity index (χ2v) is 7.91. The summed E-state index contributed by atoms with van der Waals surface area (Å²) in [5.41, 5.74) is 0.404. The van der Waals surface area contributed by atoms with Gasteiger partial charge in [-0.05, 0) is 44.0 Å². The summed E-state index contributed by atoms with van der Waals surface area (Å²) in [5.74, 6) is 0.314. The summed E-state index contributed by atoms with van der Waals surface area (Å²) in [6.07, 6.45) is 4.47. The van der Waals surface area contributed by atoms with Crippen molar-refractivity contribution in [3.63, 3.8) is 0 Å². The zero-order valence-corrected chi connectivity index (χ0v) is 15.0. The molecule has 1 N–H and O–H groups in total. The molecule has 0 radical (unpaired) electrons. The Morgan fingerprint density at radius 3 is 2.44 bits per heavy atom. The Bertz CT molecular complexity index is 837. The van der Waals surface area contributed by atoms with Crippen LogP contribution in [0.15, 0.2) is 41.4 Å². The molecule has 0 bridgehead atoms. The van der Waals surface area contributed by atoms with E-state index < -0.39 is 10.0 Å². The van der Waals surface area contributed by atoms with Crippen molar-refractivity contribution >= 4 is 21.7 Å². The molecular weight excluding hydrogens is 340 g/mol. The SMILES string of the molecule is CCn1nccc1NC(=O)c1ccc(S(=O)(=O)N2CCCCC2)cc1. The Morgan fingerprint density at radius 1 is 1.12 bits per heavy atom. The summed E-state index contributed by atoms with van der Waals surface area (Å²) < 4.78 is 28.4. The molecule has 1 aliphatic rings. The van der Waals surface area contributed by atoms with Crippen LogP contribution < -0.4 is 5.32 Å². The lowest BCUT2D eigenvalue weighted by molar-refractivity contribution is 0.102. The number of benzene rings is 1. The van der Waals surface area contributed by atoms with Crippen LogP contribution in [0.1, 0.15) is 36.5 Å². The number of hydrogen-bond acceptors (Lipinski definition) is 4. The highest BCUT2D eigenvalue weighted by atomic mass is 32.2. The third-order valence-corrected chi connectivity index (χ3v) is 6.24. The van der Waals surface area contributed by atoms with E-state index in [2.05, 4.69) is 10.4 Å². The molecule has 1 fully saturated rings. The van der Waals surface area contributed by atoms with Gasteiger partial charge in [0, 0.05) is 31.3 Å². The summed E-state index contributed by atoms with van der Waals surface area (Å²) >= 11 is 0. The summed E-state index contributed by atoms with van der Waals surface area (Å²) in [5, 5.41) is 6.88. The van der Waals surface area contributed by atoms with Crippen molar-refractivity contribution in [3.8, 4) is 0 Å². The van der Waals surface area contributed by atoms with Crippen molar-refractivity contribution < 1.29 is 13.2 Å². The molecule has 0 atom stereocenters. The van der Waals surface area contributed by atoms with Crippen molar-refractivity contribution in [1.82, 2.24) is 14.1 Å². The number of nitrogens with one attached hydrogen (secondary N) is 1. The number of carbonyl (C=O) groups excluding carboxylic acids is 1. The predicted molar refractivity (Wildman–Crippen MR) is 94.9 cm³/mol. The van der Waals surface area contributed by atoms with E-state index in [1.165, 1.54) is 16.4 Å². The van der Waals surface area contributed by atoms with Gasteiger partial charge in [0.25, 0.3) is 5.91 Å². The fraction of sp³-hybridized carbons (Fsp3) is 0.412. The van der Waals surface area contributed by atoms with Crippen LogP contribution in [0.5, 0.6) is 0 Å². The molecule has 0 spiro atoms. The van der Waals surface area contributed by atoms with Gasteiger partial charge in [-0.15, -0.1) is 0 Å². The van der Waals surface area contributed by atoms with Gasteiger partial charge in [-0.2, -0.15) is 9.40 Å². The zero-order chi connectivity index (χ0) is 17.9. The van der Waals surface area contributed by atoms with E-state index in [0.717, 1.165) is 19.3 Å². The molecule has 8 heteroatoms. The average molecular weight is 362 g/mol. The molecule has 1 aromatic heterocycles. The topological polar surface area (TPSA) is 84.3 Å². The number of rotatable bonds is 5. The Labute approximate surface area is 147 Å². The quantitative estimate of drug-likeness (QED) is 0.885.